The second-order valence-corrected chi connectivity index (χ2v) is 11.9. The van der Waals surface area contributed by atoms with Crippen LogP contribution in [0.3, 0.4) is 0 Å². The first-order valence-corrected chi connectivity index (χ1v) is 17.0. The van der Waals surface area contributed by atoms with Gasteiger partial charge in [0.25, 0.3) is 0 Å². The van der Waals surface area contributed by atoms with Crippen molar-refractivity contribution < 1.29 is 47.8 Å². The molecular weight excluding hydrogens is 539 g/mol. The Hall–Kier alpha value is -1.03. The number of hydrogen-bond donors (Lipinski definition) is 3. The Morgan fingerprint density at radius 3 is 1.18 bits per heavy atom. The van der Waals surface area contributed by atoms with E-state index in [1.165, 1.54) is 51.4 Å². The number of aliphatic hydroxyl groups excluding tert-OH is 2. The van der Waals surface area contributed by atoms with Crippen molar-refractivity contribution in [2.45, 2.75) is 148 Å². The minimum absolute atomic E-state index is 0.191. The maximum absolute atomic E-state index is 12.2. The summed E-state index contributed by atoms with van der Waals surface area (Å²) in [4.78, 5) is 33.9. The highest BCUT2D eigenvalue weighted by molar-refractivity contribution is 7.47. The molecule has 10 nitrogen and oxygen atoms in total. The van der Waals surface area contributed by atoms with Crippen molar-refractivity contribution in [3.05, 3.63) is 0 Å². The van der Waals surface area contributed by atoms with E-state index in [1.807, 2.05) is 0 Å². The van der Waals surface area contributed by atoms with Gasteiger partial charge in [0.2, 0.25) is 0 Å². The SMILES string of the molecule is CCCCCCCCCCCCCCC(=O)OC(CO)COP(=O)(O)OCC(CO)OC(=O)CCCCCCC. The Morgan fingerprint density at radius 1 is 0.575 bits per heavy atom. The van der Waals surface area contributed by atoms with Gasteiger partial charge >= 0.3 is 19.8 Å². The van der Waals surface area contributed by atoms with Gasteiger partial charge in [-0.3, -0.25) is 18.6 Å². The normalized spacial score (nSPS) is 14.4. The fourth-order valence-electron chi connectivity index (χ4n) is 4.11. The fraction of sp³-hybridized carbons (Fsp3) is 0.931. The van der Waals surface area contributed by atoms with Crippen molar-refractivity contribution >= 4 is 19.8 Å². The van der Waals surface area contributed by atoms with Crippen molar-refractivity contribution in [3.63, 3.8) is 0 Å². The molecule has 0 radical (unpaired) electrons. The topological polar surface area (TPSA) is 149 Å². The summed E-state index contributed by atoms with van der Waals surface area (Å²) in [6, 6.07) is 0. The van der Waals surface area contributed by atoms with Crippen molar-refractivity contribution in [1.29, 1.82) is 0 Å². The predicted octanol–water partition coefficient (Wildman–Crippen LogP) is 6.38. The zero-order valence-electron chi connectivity index (χ0n) is 25.1. The summed E-state index contributed by atoms with van der Waals surface area (Å²) >= 11 is 0. The zero-order valence-corrected chi connectivity index (χ0v) is 26.0. The van der Waals surface area contributed by atoms with Crippen LogP contribution in [-0.2, 0) is 32.7 Å². The maximum Gasteiger partial charge on any atom is 0.472 e. The van der Waals surface area contributed by atoms with Crippen LogP contribution < -0.4 is 0 Å². The molecule has 11 heteroatoms. The Morgan fingerprint density at radius 2 is 0.875 bits per heavy atom. The van der Waals surface area contributed by atoms with E-state index in [2.05, 4.69) is 13.8 Å². The fourth-order valence-corrected chi connectivity index (χ4v) is 4.90. The molecule has 0 amide bonds. The van der Waals surface area contributed by atoms with E-state index in [0.29, 0.717) is 12.8 Å². The van der Waals surface area contributed by atoms with E-state index in [0.717, 1.165) is 44.9 Å². The lowest BCUT2D eigenvalue weighted by Crippen LogP contribution is -2.28. The van der Waals surface area contributed by atoms with Gasteiger partial charge < -0.3 is 24.6 Å². The predicted molar refractivity (Wildman–Crippen MR) is 155 cm³/mol. The standard InChI is InChI=1S/C29H57O10P/c1-3-5-7-9-10-11-12-13-14-15-17-19-21-29(33)39-27(23-31)25-37-40(34,35)36-24-26(22-30)38-28(32)20-18-16-8-6-4-2/h26-27,30-31H,3-25H2,1-2H3,(H,34,35). The Labute approximate surface area is 242 Å². The minimum Gasteiger partial charge on any atom is -0.457 e. The third-order valence-electron chi connectivity index (χ3n) is 6.57. The van der Waals surface area contributed by atoms with Gasteiger partial charge in [0.1, 0.15) is 12.2 Å². The molecule has 3 unspecified atom stereocenters. The maximum atomic E-state index is 12.2. The average Bonchev–Trinajstić information content (AvgIpc) is 2.93. The highest BCUT2D eigenvalue weighted by atomic mass is 31.2. The summed E-state index contributed by atoms with van der Waals surface area (Å²) in [6.07, 6.45) is 17.1. The molecule has 0 aliphatic carbocycles. The van der Waals surface area contributed by atoms with Crippen LogP contribution in [0.2, 0.25) is 0 Å². The van der Waals surface area contributed by atoms with E-state index in [-0.39, 0.29) is 12.8 Å². The molecule has 0 aromatic rings. The van der Waals surface area contributed by atoms with Crippen molar-refractivity contribution in [3.8, 4) is 0 Å². The van der Waals surface area contributed by atoms with Crippen LogP contribution in [0.4, 0.5) is 0 Å². The van der Waals surface area contributed by atoms with Crippen molar-refractivity contribution in [2.24, 2.45) is 0 Å². The van der Waals surface area contributed by atoms with Crippen LogP contribution in [0, 0.1) is 0 Å². The molecule has 0 rings (SSSR count). The van der Waals surface area contributed by atoms with Gasteiger partial charge in [-0.15, -0.1) is 0 Å². The first-order valence-electron chi connectivity index (χ1n) is 15.5. The number of esters is 2. The van der Waals surface area contributed by atoms with Gasteiger partial charge in [-0.25, -0.2) is 4.57 Å². The molecule has 0 aliphatic heterocycles. The van der Waals surface area contributed by atoms with Gasteiger partial charge in [0.05, 0.1) is 26.4 Å². The quantitative estimate of drug-likeness (QED) is 0.0504. The number of ether oxygens (including phenoxy) is 2. The highest BCUT2D eigenvalue weighted by Gasteiger charge is 2.27. The van der Waals surface area contributed by atoms with Gasteiger partial charge in [-0.2, -0.15) is 0 Å². The molecule has 0 fully saturated rings. The van der Waals surface area contributed by atoms with E-state index >= 15 is 0 Å². The summed E-state index contributed by atoms with van der Waals surface area (Å²) in [7, 11) is -4.60. The molecule has 0 heterocycles. The molecule has 0 aliphatic rings. The molecule has 0 saturated heterocycles. The first-order chi connectivity index (χ1) is 19.3. The lowest BCUT2D eigenvalue weighted by Gasteiger charge is -2.20. The lowest BCUT2D eigenvalue weighted by molar-refractivity contribution is -0.153. The van der Waals surface area contributed by atoms with Crippen LogP contribution >= 0.6 is 7.82 Å². The number of phosphoric ester groups is 1. The smallest absolute Gasteiger partial charge is 0.457 e. The largest absolute Gasteiger partial charge is 0.472 e. The monoisotopic (exact) mass is 596 g/mol. The van der Waals surface area contributed by atoms with E-state index in [4.69, 9.17) is 18.5 Å². The Balaban J connectivity index is 4.03. The number of aliphatic hydroxyl groups is 2. The van der Waals surface area contributed by atoms with Gasteiger partial charge in [-0.05, 0) is 12.8 Å². The molecule has 3 atom stereocenters. The van der Waals surface area contributed by atoms with Gasteiger partial charge in [-0.1, -0.05) is 110 Å². The summed E-state index contributed by atoms with van der Waals surface area (Å²) in [5.74, 6) is -1.03. The number of unbranched alkanes of at least 4 members (excludes halogenated alkanes) is 15. The van der Waals surface area contributed by atoms with E-state index in [1.54, 1.807) is 0 Å². The molecule has 0 spiro atoms. The lowest BCUT2D eigenvalue weighted by atomic mass is 10.0. The molecular formula is C29H57O10P. The third-order valence-corrected chi connectivity index (χ3v) is 7.52. The molecule has 40 heavy (non-hydrogen) atoms. The second kappa shape index (κ2) is 26.8. The van der Waals surface area contributed by atoms with Crippen LogP contribution in [0.1, 0.15) is 136 Å². The van der Waals surface area contributed by atoms with Crippen LogP contribution in [0.5, 0.6) is 0 Å². The summed E-state index contributed by atoms with van der Waals surface area (Å²) in [5.41, 5.74) is 0. The highest BCUT2D eigenvalue weighted by Crippen LogP contribution is 2.43. The van der Waals surface area contributed by atoms with Crippen LogP contribution in [-0.4, -0.2) is 65.7 Å². The van der Waals surface area contributed by atoms with Gasteiger partial charge in [0.15, 0.2) is 0 Å². The zero-order chi connectivity index (χ0) is 29.9. The molecule has 3 N–H and O–H groups in total. The first kappa shape index (κ1) is 39.0. The average molecular weight is 597 g/mol. The minimum atomic E-state index is -4.60. The summed E-state index contributed by atoms with van der Waals surface area (Å²) < 4.78 is 32.0. The third kappa shape index (κ3) is 24.7. The summed E-state index contributed by atoms with van der Waals surface area (Å²) in [6.45, 7) is 2.06. The molecule has 0 aromatic heterocycles. The Bertz CT molecular complexity index is 661. The molecule has 0 saturated carbocycles. The van der Waals surface area contributed by atoms with Crippen molar-refractivity contribution in [1.82, 2.24) is 0 Å². The number of phosphoric acid groups is 1. The molecule has 238 valence electrons. The second-order valence-electron chi connectivity index (χ2n) is 10.5. The molecule has 0 aromatic carbocycles. The van der Waals surface area contributed by atoms with Gasteiger partial charge in [0, 0.05) is 12.8 Å². The van der Waals surface area contributed by atoms with Crippen molar-refractivity contribution in [2.75, 3.05) is 26.4 Å². The summed E-state index contributed by atoms with van der Waals surface area (Å²) in [5, 5.41) is 18.9. The van der Waals surface area contributed by atoms with Crippen LogP contribution in [0.15, 0.2) is 0 Å². The number of carbonyl (C=O) groups excluding carboxylic acids is 2. The molecule has 0 bridgehead atoms. The number of carbonyl (C=O) groups is 2. The Kier molecular flexibility index (Phi) is 26.2. The number of rotatable bonds is 29. The van der Waals surface area contributed by atoms with Crippen LogP contribution in [0.25, 0.3) is 0 Å². The number of hydrogen-bond acceptors (Lipinski definition) is 9. The van der Waals surface area contributed by atoms with E-state index < -0.39 is 58.4 Å². The van der Waals surface area contributed by atoms with E-state index in [9.17, 15) is 29.3 Å².